The monoisotopic (exact) mass is 933 g/mol. The molecule has 5 heteroatoms. The van der Waals surface area contributed by atoms with Gasteiger partial charge in [0.1, 0.15) is 11.5 Å². The molecular formula is C58H77MoNO3+4. The van der Waals surface area contributed by atoms with Crippen LogP contribution in [-0.2, 0) is 51.2 Å². The number of aryl methyl sites for hydroxylation is 2. The van der Waals surface area contributed by atoms with Crippen molar-refractivity contribution >= 4 is 31.6 Å². The molecule has 63 heavy (non-hydrogen) atoms. The maximum atomic E-state index is 12.0. The molecule has 0 aromatic heterocycles. The predicted octanol–water partition coefficient (Wildman–Crippen LogP) is 15.3. The van der Waals surface area contributed by atoms with Crippen molar-refractivity contribution in [2.45, 2.75) is 151 Å². The first kappa shape index (κ1) is 51.4. The number of hydrogen-bond acceptors (Lipinski definition) is 4. The Kier molecular flexibility index (Phi) is 16.6. The standard InChI is InChI=1S/C36H46O2.C10H12.C8H11N.C4H8O.Mo/c1-33(2,3)23-13-15-25-21(17-23)19-27(35(7,8)9)31(37)29(25)30-26-16-14-24(34(4,5)6)18-22(26)20-28(32(30)38)36(10,11)12;1-10(2,3)9-7-5-4-6-8-9;1-6-4-3-5-7(2)8(6)9;1-2-4-5-3-1;/h13-20,37-38H,1-12H3;1,4-8H,2-3H3;3-5H,9H2,1-2H3;1-4H2;/q;;;;+4. The van der Waals surface area contributed by atoms with Gasteiger partial charge in [0.15, 0.2) is 0 Å². The molecule has 1 aliphatic rings. The van der Waals surface area contributed by atoms with Gasteiger partial charge in [-0.25, -0.2) is 0 Å². The van der Waals surface area contributed by atoms with E-state index in [0.717, 1.165) is 62.7 Å². The van der Waals surface area contributed by atoms with Crippen LogP contribution in [0.25, 0.3) is 32.7 Å². The molecule has 0 atom stereocenters. The third-order valence-corrected chi connectivity index (χ3v) is 13.5. The Morgan fingerprint density at radius 2 is 0.905 bits per heavy atom. The van der Waals surface area contributed by atoms with Gasteiger partial charge in [0.25, 0.3) is 0 Å². The molecule has 7 rings (SSSR count). The van der Waals surface area contributed by atoms with E-state index in [1.54, 1.807) is 0 Å². The summed E-state index contributed by atoms with van der Waals surface area (Å²) < 4.78 is 7.18. The molecule has 1 heterocycles. The van der Waals surface area contributed by atoms with E-state index in [4.69, 9.17) is 10.5 Å². The molecule has 0 spiro atoms. The van der Waals surface area contributed by atoms with E-state index in [1.165, 1.54) is 29.5 Å². The summed E-state index contributed by atoms with van der Waals surface area (Å²) in [6.07, 6.45) is 2.56. The zero-order valence-corrected chi connectivity index (χ0v) is 43.4. The fourth-order valence-electron chi connectivity index (χ4n) is 7.65. The van der Waals surface area contributed by atoms with Crippen molar-refractivity contribution in [3.05, 3.63) is 136 Å². The Morgan fingerprint density at radius 1 is 0.508 bits per heavy atom. The topological polar surface area (TPSA) is 75.7 Å². The molecule has 1 saturated heterocycles. The summed E-state index contributed by atoms with van der Waals surface area (Å²) >= 11 is 2.04. The summed E-state index contributed by atoms with van der Waals surface area (Å²) in [5.41, 5.74) is 15.6. The second-order valence-electron chi connectivity index (χ2n) is 22.0. The van der Waals surface area contributed by atoms with Crippen LogP contribution in [0, 0.1) is 13.8 Å². The van der Waals surface area contributed by atoms with Gasteiger partial charge >= 0.3 is 78.9 Å². The molecule has 334 valence electrons. The van der Waals surface area contributed by atoms with Crippen molar-refractivity contribution in [2.75, 3.05) is 18.9 Å². The number of anilines is 1. The third kappa shape index (κ3) is 12.9. The van der Waals surface area contributed by atoms with E-state index in [0.29, 0.717) is 11.1 Å². The average molecular weight is 932 g/mol. The number of rotatable bonds is 3. The number of phenols is 2. The number of benzene rings is 6. The number of ether oxygens (including phenoxy) is 1. The van der Waals surface area contributed by atoms with E-state index in [2.05, 4.69) is 180 Å². The van der Waals surface area contributed by atoms with E-state index in [-0.39, 0.29) is 38.6 Å². The normalized spacial score (nSPS) is 13.4. The van der Waals surface area contributed by atoms with E-state index < -0.39 is 0 Å². The first-order valence-corrected chi connectivity index (χ1v) is 23.8. The maximum absolute atomic E-state index is 12.0. The number of phenolic OH excluding ortho intramolecular Hbond substituents is 2. The fraction of sp³-hybridized carbons (Fsp3) is 0.431. The van der Waals surface area contributed by atoms with Crippen LogP contribution in [0.5, 0.6) is 11.5 Å². The van der Waals surface area contributed by atoms with E-state index in [9.17, 15) is 10.2 Å². The molecule has 6 aromatic carbocycles. The minimum atomic E-state index is -0.281. The molecule has 6 aromatic rings. The van der Waals surface area contributed by atoms with Crippen LogP contribution in [-0.4, -0.2) is 27.8 Å². The Hall–Kier alpha value is -4.24. The van der Waals surface area contributed by atoms with Crippen molar-refractivity contribution in [3.63, 3.8) is 0 Å². The second kappa shape index (κ2) is 20.3. The fourth-order valence-corrected chi connectivity index (χ4v) is 7.98. The smallest absolute Gasteiger partial charge is 0.0373 e. The number of para-hydroxylation sites is 1. The molecule has 0 bridgehead atoms. The first-order valence-electron chi connectivity index (χ1n) is 22.6. The van der Waals surface area contributed by atoms with Gasteiger partial charge in [-0.2, -0.15) is 0 Å². The molecule has 4 N–H and O–H groups in total. The minimum absolute atomic E-state index is 0.00151. The number of hydrogen-bond donors (Lipinski definition) is 3. The van der Waals surface area contributed by atoms with Crippen LogP contribution in [0.1, 0.15) is 149 Å². The Morgan fingerprint density at radius 3 is 1.21 bits per heavy atom. The molecule has 0 aliphatic carbocycles. The Labute approximate surface area is 392 Å². The van der Waals surface area contributed by atoms with Gasteiger partial charge in [0, 0.05) is 41.2 Å². The quantitative estimate of drug-likeness (QED) is 0.122. The van der Waals surface area contributed by atoms with Crippen molar-refractivity contribution in [2.24, 2.45) is 0 Å². The van der Waals surface area contributed by atoms with E-state index in [1.807, 2.05) is 51.4 Å². The molecule has 0 radical (unpaired) electrons. The van der Waals surface area contributed by atoms with Gasteiger partial charge < -0.3 is 20.7 Å². The molecule has 1 fully saturated rings. The number of fused-ring (bicyclic) bond motifs is 2. The van der Waals surface area contributed by atoms with Crippen LogP contribution in [0.15, 0.2) is 97.1 Å². The van der Waals surface area contributed by atoms with Crippen LogP contribution in [0.2, 0.25) is 0 Å². The second-order valence-corrected chi connectivity index (χ2v) is 22.6. The van der Waals surface area contributed by atoms with Gasteiger partial charge in [0.2, 0.25) is 0 Å². The number of nitrogens with two attached hydrogens (primary N) is 1. The Bertz CT molecular complexity index is 2350. The molecule has 0 saturated carbocycles. The minimum Gasteiger partial charge on any atom is -0.398 e. The van der Waals surface area contributed by atoms with Crippen LogP contribution in [0.3, 0.4) is 0 Å². The molecule has 1 aliphatic heterocycles. The van der Waals surface area contributed by atoms with E-state index >= 15 is 0 Å². The summed E-state index contributed by atoms with van der Waals surface area (Å²) in [4.78, 5) is 0. The Balaban J connectivity index is 0.000000278. The first-order chi connectivity index (χ1) is 29.1. The van der Waals surface area contributed by atoms with Crippen LogP contribution >= 0.6 is 0 Å². The SMILES string of the molecule is C1CCOC1.CC(C)(C)c1ccc2c(-c3c(O)c(C(C)(C)C)cc4cc(C(C)(C)C)ccc34)c(O)c(C(C)(C)C)cc2c1.CC(C)([CH]=[Mo+4])c1ccccc1.Cc1cccc(C)c1N. The summed E-state index contributed by atoms with van der Waals surface area (Å²) in [6, 6.07) is 33.9. The van der Waals surface area contributed by atoms with Gasteiger partial charge in [-0.3, -0.25) is 0 Å². The summed E-state index contributed by atoms with van der Waals surface area (Å²) in [6.45, 7) is 36.6. The molecule has 0 amide bonds. The van der Waals surface area contributed by atoms with Crippen molar-refractivity contribution in [1.29, 1.82) is 0 Å². The van der Waals surface area contributed by atoms with Gasteiger partial charge in [-0.1, -0.05) is 138 Å². The number of nitrogen functional groups attached to an aromatic ring is 1. The summed E-state index contributed by atoms with van der Waals surface area (Å²) in [7, 11) is 0. The van der Waals surface area contributed by atoms with Crippen LogP contribution in [0.4, 0.5) is 5.69 Å². The summed E-state index contributed by atoms with van der Waals surface area (Å²) in [5.74, 6) is 0.493. The van der Waals surface area contributed by atoms with Crippen LogP contribution < -0.4 is 5.73 Å². The van der Waals surface area contributed by atoms with Crippen molar-refractivity contribution in [1.82, 2.24) is 0 Å². The average Bonchev–Trinajstić information content (AvgIpc) is 3.80. The van der Waals surface area contributed by atoms with Crippen molar-refractivity contribution < 1.29 is 34.3 Å². The van der Waals surface area contributed by atoms with Gasteiger partial charge in [-0.15, -0.1) is 0 Å². The largest absolute Gasteiger partial charge is 0.398 e. The van der Waals surface area contributed by atoms with Crippen molar-refractivity contribution in [3.8, 4) is 22.6 Å². The molecule has 4 nitrogen and oxygen atoms in total. The molecular weight excluding hydrogens is 855 g/mol. The maximum Gasteiger partial charge on any atom is 0.0373 e. The predicted molar refractivity (Wildman–Crippen MR) is 271 cm³/mol. The molecule has 0 unspecified atom stereocenters. The zero-order valence-electron chi connectivity index (χ0n) is 41.4. The van der Waals surface area contributed by atoms with Gasteiger partial charge in [-0.05, 0) is 104 Å². The summed E-state index contributed by atoms with van der Waals surface area (Å²) in [5, 5.41) is 28.0. The number of aromatic hydroxyl groups is 2. The third-order valence-electron chi connectivity index (χ3n) is 12.0. The van der Waals surface area contributed by atoms with Gasteiger partial charge in [0.05, 0.1) is 0 Å². The zero-order chi connectivity index (χ0) is 47.3.